The standard InChI is InChI=1S/C38H44ClN3O6S/c1-7-28(4)40-38(44)34(22-29-12-9-8-10-13-29)41(24-30-14-11-15-31(39)21-30)37(43)25-42(32-19-26(2)18-27(3)20-32)49(45,46)33-16-17-35(47-5)36(23-33)48-6/h8-21,23,28,34H,7,22,24-25H2,1-6H3,(H,40,44)/t28-,34-/m1/s1. The zero-order chi connectivity index (χ0) is 35.7. The maximum absolute atomic E-state index is 14.7. The minimum absolute atomic E-state index is 0.0158. The second kappa shape index (κ2) is 16.7. The van der Waals surface area contributed by atoms with Gasteiger partial charge in [0.25, 0.3) is 10.0 Å². The van der Waals surface area contributed by atoms with E-state index in [1.807, 2.05) is 70.2 Å². The van der Waals surface area contributed by atoms with E-state index in [1.165, 1.54) is 37.3 Å². The molecule has 0 aromatic heterocycles. The molecule has 0 aliphatic rings. The SMILES string of the molecule is CC[C@@H](C)NC(=O)[C@@H](Cc1ccccc1)N(Cc1cccc(Cl)c1)C(=O)CN(c1cc(C)cc(C)c1)S(=O)(=O)c1ccc(OC)c(OC)c1. The Morgan fingerprint density at radius 1 is 0.837 bits per heavy atom. The normalized spacial score (nSPS) is 12.5. The third kappa shape index (κ3) is 9.55. The van der Waals surface area contributed by atoms with E-state index in [2.05, 4.69) is 5.32 Å². The van der Waals surface area contributed by atoms with Crippen LogP contribution in [0.4, 0.5) is 5.69 Å². The van der Waals surface area contributed by atoms with Crippen molar-refractivity contribution < 1.29 is 27.5 Å². The van der Waals surface area contributed by atoms with Crippen molar-refractivity contribution in [3.63, 3.8) is 0 Å². The van der Waals surface area contributed by atoms with Crippen LogP contribution in [0.15, 0.2) is 95.9 Å². The summed E-state index contributed by atoms with van der Waals surface area (Å²) in [6, 6.07) is 25.0. The van der Waals surface area contributed by atoms with Gasteiger partial charge >= 0.3 is 0 Å². The molecule has 2 amide bonds. The molecule has 0 saturated heterocycles. The Kier molecular flexibility index (Phi) is 12.7. The number of methoxy groups -OCH3 is 2. The summed E-state index contributed by atoms with van der Waals surface area (Å²) in [6.45, 7) is 7.02. The van der Waals surface area contributed by atoms with Crippen LogP contribution < -0.4 is 19.1 Å². The van der Waals surface area contributed by atoms with Crippen LogP contribution in [-0.4, -0.2) is 58.0 Å². The van der Waals surface area contributed by atoms with Gasteiger partial charge in [-0.25, -0.2) is 8.42 Å². The number of nitrogens with zero attached hydrogens (tertiary/aromatic N) is 2. The summed E-state index contributed by atoms with van der Waals surface area (Å²) >= 11 is 6.35. The molecule has 0 fully saturated rings. The maximum Gasteiger partial charge on any atom is 0.264 e. The third-order valence-corrected chi connectivity index (χ3v) is 10.2. The topological polar surface area (TPSA) is 105 Å². The number of amides is 2. The summed E-state index contributed by atoms with van der Waals surface area (Å²) in [5, 5.41) is 3.52. The van der Waals surface area contributed by atoms with Gasteiger partial charge in [0, 0.05) is 30.1 Å². The molecule has 9 nitrogen and oxygen atoms in total. The first-order valence-electron chi connectivity index (χ1n) is 16.1. The second-order valence-corrected chi connectivity index (χ2v) is 14.3. The molecular formula is C38H44ClN3O6S. The van der Waals surface area contributed by atoms with Crippen LogP contribution in [0.2, 0.25) is 5.02 Å². The van der Waals surface area contributed by atoms with Crippen LogP contribution in [0, 0.1) is 13.8 Å². The van der Waals surface area contributed by atoms with Crippen LogP contribution in [0.5, 0.6) is 11.5 Å². The van der Waals surface area contributed by atoms with Crippen LogP contribution in [0.25, 0.3) is 0 Å². The van der Waals surface area contributed by atoms with E-state index in [1.54, 1.807) is 30.3 Å². The second-order valence-electron chi connectivity index (χ2n) is 12.0. The van der Waals surface area contributed by atoms with Gasteiger partial charge in [-0.2, -0.15) is 0 Å². The van der Waals surface area contributed by atoms with E-state index < -0.39 is 28.5 Å². The Hall–Kier alpha value is -4.54. The van der Waals surface area contributed by atoms with Crippen LogP contribution in [0.1, 0.15) is 42.5 Å². The van der Waals surface area contributed by atoms with Crippen molar-refractivity contribution in [1.82, 2.24) is 10.2 Å². The molecule has 4 rings (SSSR count). The summed E-state index contributed by atoms with van der Waals surface area (Å²) < 4.78 is 40.9. The van der Waals surface area contributed by atoms with Gasteiger partial charge < -0.3 is 19.7 Å². The third-order valence-electron chi connectivity index (χ3n) is 8.23. The van der Waals surface area contributed by atoms with Crippen molar-refractivity contribution in [2.45, 2.75) is 64.1 Å². The van der Waals surface area contributed by atoms with E-state index in [9.17, 15) is 18.0 Å². The summed E-state index contributed by atoms with van der Waals surface area (Å²) in [4.78, 5) is 30.1. The monoisotopic (exact) mass is 705 g/mol. The number of benzene rings is 4. The number of ether oxygens (including phenoxy) is 2. The number of hydrogen-bond donors (Lipinski definition) is 1. The largest absolute Gasteiger partial charge is 0.493 e. The molecule has 4 aromatic carbocycles. The average Bonchev–Trinajstić information content (AvgIpc) is 3.08. The van der Waals surface area contributed by atoms with E-state index in [-0.39, 0.29) is 35.6 Å². The van der Waals surface area contributed by atoms with Gasteiger partial charge in [0.05, 0.1) is 24.8 Å². The zero-order valence-electron chi connectivity index (χ0n) is 28.8. The molecule has 0 saturated carbocycles. The van der Waals surface area contributed by atoms with E-state index in [0.29, 0.717) is 28.4 Å². The quantitative estimate of drug-likeness (QED) is 0.147. The Labute approximate surface area is 294 Å². The first kappa shape index (κ1) is 37.3. The van der Waals surface area contributed by atoms with E-state index >= 15 is 0 Å². The molecule has 0 radical (unpaired) electrons. The summed E-state index contributed by atoms with van der Waals surface area (Å²) in [7, 11) is -1.47. The molecule has 2 atom stereocenters. The lowest BCUT2D eigenvalue weighted by atomic mass is 10.0. The van der Waals surface area contributed by atoms with Crippen molar-refractivity contribution in [1.29, 1.82) is 0 Å². The van der Waals surface area contributed by atoms with Gasteiger partial charge in [-0.1, -0.05) is 67.1 Å². The van der Waals surface area contributed by atoms with Gasteiger partial charge in [0.2, 0.25) is 11.8 Å². The maximum atomic E-state index is 14.7. The summed E-state index contributed by atoms with van der Waals surface area (Å²) in [5.41, 5.74) is 3.49. The number of hydrogen-bond acceptors (Lipinski definition) is 6. The highest BCUT2D eigenvalue weighted by molar-refractivity contribution is 7.92. The molecule has 49 heavy (non-hydrogen) atoms. The number of aryl methyl sites for hydroxylation is 2. The average molecular weight is 706 g/mol. The van der Waals surface area contributed by atoms with E-state index in [0.717, 1.165) is 21.0 Å². The van der Waals surface area contributed by atoms with Gasteiger partial charge in [-0.15, -0.1) is 0 Å². The highest BCUT2D eigenvalue weighted by atomic mass is 35.5. The predicted octanol–water partition coefficient (Wildman–Crippen LogP) is 6.72. The minimum atomic E-state index is -4.35. The fraction of sp³-hybridized carbons (Fsp3) is 0.316. The van der Waals surface area contributed by atoms with Crippen molar-refractivity contribution in [2.24, 2.45) is 0 Å². The van der Waals surface area contributed by atoms with Crippen molar-refractivity contribution >= 4 is 39.1 Å². The number of carbonyl (C=O) groups excluding carboxylic acids is 2. The molecule has 0 aliphatic heterocycles. The van der Waals surface area contributed by atoms with Gasteiger partial charge in [-0.3, -0.25) is 13.9 Å². The summed E-state index contributed by atoms with van der Waals surface area (Å²) in [6.07, 6.45) is 0.900. The lowest BCUT2D eigenvalue weighted by molar-refractivity contribution is -0.140. The van der Waals surface area contributed by atoms with Crippen molar-refractivity contribution in [2.75, 3.05) is 25.1 Å². The Balaban J connectivity index is 1.86. The smallest absolute Gasteiger partial charge is 0.264 e. The lowest BCUT2D eigenvalue weighted by Gasteiger charge is -2.34. The van der Waals surface area contributed by atoms with Gasteiger partial charge in [-0.05, 0) is 85.8 Å². The molecule has 0 heterocycles. The molecule has 0 spiro atoms. The van der Waals surface area contributed by atoms with Crippen LogP contribution in [0.3, 0.4) is 0 Å². The Morgan fingerprint density at radius 3 is 2.10 bits per heavy atom. The molecule has 0 aliphatic carbocycles. The molecule has 4 aromatic rings. The zero-order valence-corrected chi connectivity index (χ0v) is 30.3. The number of nitrogens with one attached hydrogen (secondary N) is 1. The Bertz CT molecular complexity index is 1850. The fourth-order valence-corrected chi connectivity index (χ4v) is 7.18. The van der Waals surface area contributed by atoms with Crippen LogP contribution in [-0.2, 0) is 32.6 Å². The molecule has 0 bridgehead atoms. The fourth-order valence-electron chi connectivity index (χ4n) is 5.55. The highest BCUT2D eigenvalue weighted by Gasteiger charge is 2.35. The number of anilines is 1. The van der Waals surface area contributed by atoms with Gasteiger partial charge in [0.15, 0.2) is 11.5 Å². The molecular weight excluding hydrogens is 662 g/mol. The molecule has 0 unspecified atom stereocenters. The summed E-state index contributed by atoms with van der Waals surface area (Å²) in [5.74, 6) is -0.320. The number of carbonyl (C=O) groups is 2. The minimum Gasteiger partial charge on any atom is -0.493 e. The first-order chi connectivity index (χ1) is 23.4. The van der Waals surface area contributed by atoms with Gasteiger partial charge in [0.1, 0.15) is 12.6 Å². The molecule has 1 N–H and O–H groups in total. The lowest BCUT2D eigenvalue weighted by Crippen LogP contribution is -2.54. The highest BCUT2D eigenvalue weighted by Crippen LogP contribution is 2.33. The first-order valence-corrected chi connectivity index (χ1v) is 17.9. The number of sulfonamides is 1. The molecule has 11 heteroatoms. The van der Waals surface area contributed by atoms with Crippen molar-refractivity contribution in [3.8, 4) is 11.5 Å². The number of rotatable bonds is 15. The molecule has 260 valence electrons. The number of halogens is 1. The van der Waals surface area contributed by atoms with Crippen LogP contribution >= 0.6 is 11.6 Å². The van der Waals surface area contributed by atoms with Crippen molar-refractivity contribution in [3.05, 3.63) is 118 Å². The van der Waals surface area contributed by atoms with E-state index in [4.69, 9.17) is 21.1 Å². The predicted molar refractivity (Wildman–Crippen MR) is 194 cm³/mol. The Morgan fingerprint density at radius 2 is 1.49 bits per heavy atom.